The third-order valence-corrected chi connectivity index (χ3v) is 4.03. The van der Waals surface area contributed by atoms with E-state index in [4.69, 9.17) is 5.41 Å². The van der Waals surface area contributed by atoms with Gasteiger partial charge in [-0.25, -0.2) is 0 Å². The molecule has 1 atom stereocenters. The molecule has 0 fully saturated rings. The van der Waals surface area contributed by atoms with Gasteiger partial charge in [0.15, 0.2) is 0 Å². The molecule has 100 valence electrons. The summed E-state index contributed by atoms with van der Waals surface area (Å²) in [5.41, 5.74) is 6.82. The van der Waals surface area contributed by atoms with Crippen molar-refractivity contribution in [1.82, 2.24) is 0 Å². The molecule has 1 heteroatoms. The highest BCUT2D eigenvalue weighted by Gasteiger charge is 2.13. The van der Waals surface area contributed by atoms with Crippen LogP contribution in [0.1, 0.15) is 42.9 Å². The van der Waals surface area contributed by atoms with Gasteiger partial charge in [0, 0.05) is 5.71 Å². The van der Waals surface area contributed by atoms with E-state index in [1.54, 1.807) is 0 Å². The number of benzene rings is 2. The summed E-state index contributed by atoms with van der Waals surface area (Å²) in [5, 5.41) is 7.77. The fraction of sp³-hybridized carbons (Fsp3) is 0.211. The van der Waals surface area contributed by atoms with Crippen LogP contribution in [-0.4, -0.2) is 5.71 Å². The lowest BCUT2D eigenvalue weighted by Crippen LogP contribution is -2.00. The minimum absolute atomic E-state index is 0.586. The van der Waals surface area contributed by atoms with Gasteiger partial charge in [-0.3, -0.25) is 0 Å². The molecule has 3 rings (SSSR count). The molecule has 1 nitrogen and oxygen atoms in total. The Morgan fingerprint density at radius 3 is 2.70 bits per heavy atom. The average molecular weight is 261 g/mol. The van der Waals surface area contributed by atoms with Gasteiger partial charge in [0.05, 0.1) is 0 Å². The molecule has 20 heavy (non-hydrogen) atoms. The first-order chi connectivity index (χ1) is 9.65. The third kappa shape index (κ3) is 2.32. The lowest BCUT2D eigenvalue weighted by Gasteiger charge is -2.19. The van der Waals surface area contributed by atoms with Gasteiger partial charge >= 0.3 is 0 Å². The Balaban J connectivity index is 2.07. The topological polar surface area (TPSA) is 23.9 Å². The van der Waals surface area contributed by atoms with Crippen LogP contribution in [0, 0.1) is 5.41 Å². The Labute approximate surface area is 120 Å². The summed E-state index contributed by atoms with van der Waals surface area (Å²) in [5.74, 6) is 0.586. The molecule has 0 aromatic heterocycles. The van der Waals surface area contributed by atoms with Gasteiger partial charge in [-0.15, -0.1) is 0 Å². The second-order valence-electron chi connectivity index (χ2n) is 5.59. The standard InChI is InChI=1S/C19H19N/c1-13-5-3-6-15-9-10-18(12-19(13)15)17-8-4-7-16(11-17)14(2)20/h3-4,6-13,20H,5H2,1-2H3. The summed E-state index contributed by atoms with van der Waals surface area (Å²) < 4.78 is 0. The molecule has 0 saturated carbocycles. The predicted octanol–water partition coefficient (Wildman–Crippen LogP) is 5.26. The number of allylic oxidation sites excluding steroid dienone is 1. The van der Waals surface area contributed by atoms with Crippen molar-refractivity contribution >= 4 is 11.8 Å². The maximum absolute atomic E-state index is 7.77. The number of hydrogen-bond donors (Lipinski definition) is 1. The van der Waals surface area contributed by atoms with Gasteiger partial charge in [-0.2, -0.15) is 0 Å². The Bertz CT molecular complexity index is 695. The number of nitrogens with one attached hydrogen (secondary N) is 1. The lowest BCUT2D eigenvalue weighted by atomic mass is 9.86. The van der Waals surface area contributed by atoms with Crippen molar-refractivity contribution in [2.45, 2.75) is 26.2 Å². The van der Waals surface area contributed by atoms with E-state index in [9.17, 15) is 0 Å². The summed E-state index contributed by atoms with van der Waals surface area (Å²) >= 11 is 0. The summed E-state index contributed by atoms with van der Waals surface area (Å²) in [7, 11) is 0. The summed E-state index contributed by atoms with van der Waals surface area (Å²) in [6, 6.07) is 15.0. The van der Waals surface area contributed by atoms with Crippen LogP contribution in [-0.2, 0) is 0 Å². The van der Waals surface area contributed by atoms with E-state index in [0.717, 1.165) is 12.0 Å². The van der Waals surface area contributed by atoms with Gasteiger partial charge < -0.3 is 5.41 Å². The molecule has 0 saturated heterocycles. The van der Waals surface area contributed by atoms with Crippen LogP contribution in [0.5, 0.6) is 0 Å². The second kappa shape index (κ2) is 5.09. The van der Waals surface area contributed by atoms with Crippen molar-refractivity contribution in [2.75, 3.05) is 0 Å². The molecule has 1 N–H and O–H groups in total. The highest BCUT2D eigenvalue weighted by atomic mass is 14.4. The number of rotatable bonds is 2. The van der Waals surface area contributed by atoms with Gasteiger partial charge in [0.2, 0.25) is 0 Å². The molecule has 1 aliphatic carbocycles. The Kier molecular flexibility index (Phi) is 3.27. The second-order valence-corrected chi connectivity index (χ2v) is 5.59. The smallest absolute Gasteiger partial charge is 0.0355 e. The van der Waals surface area contributed by atoms with Crippen molar-refractivity contribution < 1.29 is 0 Å². The molecule has 2 aromatic rings. The summed E-state index contributed by atoms with van der Waals surface area (Å²) in [6.07, 6.45) is 5.60. The highest BCUT2D eigenvalue weighted by molar-refractivity contribution is 5.97. The van der Waals surface area contributed by atoms with E-state index in [1.807, 2.05) is 19.1 Å². The zero-order chi connectivity index (χ0) is 14.1. The van der Waals surface area contributed by atoms with E-state index in [1.165, 1.54) is 22.3 Å². The van der Waals surface area contributed by atoms with Crippen molar-refractivity contribution in [3.05, 3.63) is 65.2 Å². The van der Waals surface area contributed by atoms with Crippen LogP contribution in [0.25, 0.3) is 17.2 Å². The molecule has 2 aromatic carbocycles. The van der Waals surface area contributed by atoms with E-state index >= 15 is 0 Å². The summed E-state index contributed by atoms with van der Waals surface area (Å²) in [4.78, 5) is 0. The molecular weight excluding hydrogens is 242 g/mol. The number of fused-ring (bicyclic) bond motifs is 1. The van der Waals surface area contributed by atoms with Crippen LogP contribution in [0.4, 0.5) is 0 Å². The lowest BCUT2D eigenvalue weighted by molar-refractivity contribution is 0.772. The quantitative estimate of drug-likeness (QED) is 0.713. The molecular formula is C19H19N. The molecule has 0 spiro atoms. The Hall–Kier alpha value is -2.15. The van der Waals surface area contributed by atoms with Crippen LogP contribution in [0.15, 0.2) is 48.5 Å². The van der Waals surface area contributed by atoms with E-state index in [0.29, 0.717) is 11.6 Å². The van der Waals surface area contributed by atoms with E-state index in [2.05, 4.69) is 49.4 Å². The first-order valence-corrected chi connectivity index (χ1v) is 7.11. The number of hydrogen-bond acceptors (Lipinski definition) is 1. The first kappa shape index (κ1) is 12.9. The van der Waals surface area contributed by atoms with Crippen molar-refractivity contribution in [3.63, 3.8) is 0 Å². The van der Waals surface area contributed by atoms with Crippen molar-refractivity contribution in [3.8, 4) is 11.1 Å². The van der Waals surface area contributed by atoms with Crippen LogP contribution >= 0.6 is 0 Å². The normalized spacial score (nSPS) is 16.8. The van der Waals surface area contributed by atoms with Gasteiger partial charge in [-0.05, 0) is 53.1 Å². The SMILES string of the molecule is CC(=N)c1cccc(-c2ccc3c(c2)C(C)CC=C3)c1. The molecule has 1 unspecified atom stereocenters. The summed E-state index contributed by atoms with van der Waals surface area (Å²) in [6.45, 7) is 4.11. The highest BCUT2D eigenvalue weighted by Crippen LogP contribution is 2.33. The van der Waals surface area contributed by atoms with E-state index < -0.39 is 0 Å². The zero-order valence-corrected chi connectivity index (χ0v) is 12.0. The van der Waals surface area contributed by atoms with Gasteiger partial charge in [0.1, 0.15) is 0 Å². The van der Waals surface area contributed by atoms with Crippen molar-refractivity contribution in [2.24, 2.45) is 0 Å². The predicted molar refractivity (Wildman–Crippen MR) is 86.4 cm³/mol. The zero-order valence-electron chi connectivity index (χ0n) is 12.0. The minimum Gasteiger partial charge on any atom is -0.305 e. The maximum Gasteiger partial charge on any atom is 0.0355 e. The largest absolute Gasteiger partial charge is 0.305 e. The van der Waals surface area contributed by atoms with Crippen LogP contribution in [0.3, 0.4) is 0 Å². The molecule has 0 bridgehead atoms. The molecule has 0 aliphatic heterocycles. The average Bonchev–Trinajstić information content (AvgIpc) is 2.47. The fourth-order valence-corrected chi connectivity index (χ4v) is 2.79. The van der Waals surface area contributed by atoms with Crippen LogP contribution < -0.4 is 0 Å². The molecule has 1 aliphatic rings. The first-order valence-electron chi connectivity index (χ1n) is 7.11. The van der Waals surface area contributed by atoms with Crippen molar-refractivity contribution in [1.29, 1.82) is 5.41 Å². The monoisotopic (exact) mass is 261 g/mol. The van der Waals surface area contributed by atoms with Crippen LogP contribution in [0.2, 0.25) is 0 Å². The molecule has 0 heterocycles. The van der Waals surface area contributed by atoms with Gasteiger partial charge in [0.25, 0.3) is 0 Å². The molecule has 0 amide bonds. The Morgan fingerprint density at radius 1 is 1.10 bits per heavy atom. The van der Waals surface area contributed by atoms with Gasteiger partial charge in [-0.1, -0.05) is 55.5 Å². The third-order valence-electron chi connectivity index (χ3n) is 4.03. The fourth-order valence-electron chi connectivity index (χ4n) is 2.79. The maximum atomic E-state index is 7.77. The molecule has 0 radical (unpaired) electrons. The van der Waals surface area contributed by atoms with E-state index in [-0.39, 0.29) is 0 Å². The minimum atomic E-state index is 0.586. The Morgan fingerprint density at radius 2 is 1.90 bits per heavy atom.